The van der Waals surface area contributed by atoms with Crippen LogP contribution in [0.3, 0.4) is 0 Å². The van der Waals surface area contributed by atoms with Crippen molar-refractivity contribution in [1.29, 1.82) is 0 Å². The molecule has 2 nitrogen and oxygen atoms in total. The molecule has 0 amide bonds. The number of hydrogen-bond donors (Lipinski definition) is 0. The smallest absolute Gasteiger partial charge is 0.247 e. The Kier molecular flexibility index (Phi) is 3.93. The quantitative estimate of drug-likeness (QED) is 0.734. The van der Waals surface area contributed by atoms with Crippen molar-refractivity contribution >= 4 is 7.37 Å². The van der Waals surface area contributed by atoms with E-state index in [2.05, 4.69) is 0 Å². The summed E-state index contributed by atoms with van der Waals surface area (Å²) in [6.07, 6.45) is 5.78. The fraction of sp³-hybridized carbons (Fsp3) is 0.571. The minimum Gasteiger partial charge on any atom is -0.443 e. The molecule has 1 unspecified atom stereocenters. The van der Waals surface area contributed by atoms with Gasteiger partial charge in [-0.05, 0) is 31.9 Å². The van der Waals surface area contributed by atoms with Crippen LogP contribution in [0.1, 0.15) is 37.7 Å². The maximum absolute atomic E-state index is 12.6. The number of aryl methyl sites for hydroxylation is 1. The second kappa shape index (κ2) is 5.27. The molecule has 0 heterocycles. The van der Waals surface area contributed by atoms with Gasteiger partial charge in [-0.1, -0.05) is 37.0 Å². The van der Waals surface area contributed by atoms with Crippen molar-refractivity contribution in [2.45, 2.75) is 44.7 Å². The Morgan fingerprint density at radius 1 is 1.12 bits per heavy atom. The van der Waals surface area contributed by atoms with Gasteiger partial charge in [0.25, 0.3) is 0 Å². The van der Waals surface area contributed by atoms with Crippen LogP contribution >= 0.6 is 7.37 Å². The van der Waals surface area contributed by atoms with E-state index in [0.29, 0.717) is 0 Å². The van der Waals surface area contributed by atoms with Gasteiger partial charge in [0.1, 0.15) is 5.75 Å². The van der Waals surface area contributed by atoms with E-state index in [0.717, 1.165) is 18.6 Å². The first-order valence-electron chi connectivity index (χ1n) is 6.41. The van der Waals surface area contributed by atoms with Gasteiger partial charge in [0.2, 0.25) is 7.37 Å². The molecule has 0 saturated heterocycles. The predicted octanol–water partition coefficient (Wildman–Crippen LogP) is 4.61. The highest BCUT2D eigenvalue weighted by molar-refractivity contribution is 7.59. The van der Waals surface area contributed by atoms with E-state index in [4.69, 9.17) is 4.52 Å². The maximum atomic E-state index is 12.6. The first-order chi connectivity index (χ1) is 8.08. The lowest BCUT2D eigenvalue weighted by atomic mass is 10.0. The van der Waals surface area contributed by atoms with E-state index in [1.807, 2.05) is 31.2 Å². The summed E-state index contributed by atoms with van der Waals surface area (Å²) in [6, 6.07) is 7.81. The van der Waals surface area contributed by atoms with Crippen molar-refractivity contribution in [3.63, 3.8) is 0 Å². The van der Waals surface area contributed by atoms with Gasteiger partial charge in [-0.2, -0.15) is 0 Å². The zero-order valence-electron chi connectivity index (χ0n) is 10.7. The molecule has 1 saturated carbocycles. The molecular weight excluding hydrogens is 231 g/mol. The second-order valence-corrected chi connectivity index (χ2v) is 7.84. The van der Waals surface area contributed by atoms with Gasteiger partial charge < -0.3 is 4.52 Å². The Morgan fingerprint density at radius 2 is 1.71 bits per heavy atom. The van der Waals surface area contributed by atoms with Gasteiger partial charge in [0, 0.05) is 12.3 Å². The van der Waals surface area contributed by atoms with Crippen LogP contribution in [0.2, 0.25) is 0 Å². The normalized spacial score (nSPS) is 20.8. The second-order valence-electron chi connectivity index (χ2n) is 5.10. The molecule has 0 aliphatic heterocycles. The summed E-state index contributed by atoms with van der Waals surface area (Å²) >= 11 is 0. The minimum atomic E-state index is -2.50. The Hall–Kier alpha value is -0.750. The minimum absolute atomic E-state index is 0.262. The molecule has 0 spiro atoms. The summed E-state index contributed by atoms with van der Waals surface area (Å²) in [5.41, 5.74) is 1.46. The first kappa shape index (κ1) is 12.7. The molecule has 0 radical (unpaired) electrons. The van der Waals surface area contributed by atoms with Gasteiger partial charge in [-0.3, -0.25) is 4.57 Å². The fourth-order valence-electron chi connectivity index (χ4n) is 2.43. The summed E-state index contributed by atoms with van der Waals surface area (Å²) in [5, 5.41) is 0. The molecule has 2 rings (SSSR count). The zero-order valence-corrected chi connectivity index (χ0v) is 11.6. The van der Waals surface area contributed by atoms with Crippen LogP contribution in [0.15, 0.2) is 24.3 Å². The predicted molar refractivity (Wildman–Crippen MR) is 72.2 cm³/mol. The van der Waals surface area contributed by atoms with Crippen LogP contribution in [0, 0.1) is 6.92 Å². The molecule has 1 aromatic rings. The van der Waals surface area contributed by atoms with E-state index in [1.165, 1.54) is 24.8 Å². The van der Waals surface area contributed by atoms with Gasteiger partial charge in [-0.15, -0.1) is 0 Å². The zero-order chi connectivity index (χ0) is 12.3. The summed E-state index contributed by atoms with van der Waals surface area (Å²) in [4.78, 5) is 0. The summed E-state index contributed by atoms with van der Waals surface area (Å²) < 4.78 is 18.4. The van der Waals surface area contributed by atoms with Gasteiger partial charge in [0.05, 0.1) is 0 Å². The van der Waals surface area contributed by atoms with Crippen LogP contribution in [0.4, 0.5) is 0 Å². The van der Waals surface area contributed by atoms with Gasteiger partial charge in [-0.25, -0.2) is 0 Å². The number of benzene rings is 1. The fourth-order valence-corrected chi connectivity index (χ4v) is 4.43. The molecule has 1 aliphatic rings. The van der Waals surface area contributed by atoms with Crippen LogP contribution in [0.5, 0.6) is 5.75 Å². The molecule has 17 heavy (non-hydrogen) atoms. The molecule has 0 aromatic heterocycles. The van der Waals surface area contributed by atoms with Gasteiger partial charge in [0.15, 0.2) is 0 Å². The van der Waals surface area contributed by atoms with E-state index < -0.39 is 7.37 Å². The topological polar surface area (TPSA) is 26.3 Å². The third-order valence-corrected chi connectivity index (χ3v) is 5.96. The van der Waals surface area contributed by atoms with Crippen molar-refractivity contribution in [2.24, 2.45) is 0 Å². The molecule has 1 aromatic carbocycles. The van der Waals surface area contributed by atoms with E-state index >= 15 is 0 Å². The van der Waals surface area contributed by atoms with E-state index in [-0.39, 0.29) is 5.66 Å². The summed E-state index contributed by atoms with van der Waals surface area (Å²) in [5.74, 6) is 0.743. The number of rotatable bonds is 3. The number of hydrogen-bond acceptors (Lipinski definition) is 2. The Balaban J connectivity index is 2.05. The highest BCUT2D eigenvalue weighted by atomic mass is 31.2. The first-order valence-corrected chi connectivity index (χ1v) is 8.55. The lowest BCUT2D eigenvalue weighted by molar-refractivity contribution is 0.431. The molecule has 1 atom stereocenters. The van der Waals surface area contributed by atoms with Gasteiger partial charge >= 0.3 is 0 Å². The third-order valence-electron chi connectivity index (χ3n) is 3.55. The average molecular weight is 252 g/mol. The summed E-state index contributed by atoms with van der Waals surface area (Å²) in [6.45, 7) is 3.83. The molecule has 0 N–H and O–H groups in total. The third kappa shape index (κ3) is 3.35. The molecule has 94 valence electrons. The monoisotopic (exact) mass is 252 g/mol. The van der Waals surface area contributed by atoms with Crippen molar-refractivity contribution in [3.05, 3.63) is 29.8 Å². The molecule has 1 aliphatic carbocycles. The summed E-state index contributed by atoms with van der Waals surface area (Å²) in [7, 11) is -2.50. The standard InChI is InChI=1S/C14H21O2P/c1-12-8-10-13(11-9-12)16-17(2,15)14-6-4-3-5-7-14/h8-11,14H,3-7H2,1-2H3. The van der Waals surface area contributed by atoms with E-state index in [9.17, 15) is 4.57 Å². The van der Waals surface area contributed by atoms with Crippen molar-refractivity contribution in [3.8, 4) is 5.75 Å². The lowest BCUT2D eigenvalue weighted by Crippen LogP contribution is -2.15. The molecule has 1 fully saturated rings. The Bertz CT molecular complexity index is 405. The Labute approximate surface area is 104 Å². The highest BCUT2D eigenvalue weighted by Crippen LogP contribution is 2.53. The van der Waals surface area contributed by atoms with Crippen LogP contribution in [-0.2, 0) is 4.57 Å². The van der Waals surface area contributed by atoms with Crippen LogP contribution in [-0.4, -0.2) is 12.3 Å². The maximum Gasteiger partial charge on any atom is 0.247 e. The molecule has 0 bridgehead atoms. The largest absolute Gasteiger partial charge is 0.443 e. The average Bonchev–Trinajstić information content (AvgIpc) is 2.33. The van der Waals surface area contributed by atoms with Crippen LogP contribution in [0.25, 0.3) is 0 Å². The van der Waals surface area contributed by atoms with Crippen LogP contribution < -0.4 is 4.52 Å². The molecular formula is C14H21O2P. The van der Waals surface area contributed by atoms with Crippen molar-refractivity contribution in [1.82, 2.24) is 0 Å². The SMILES string of the molecule is Cc1ccc(OP(C)(=O)C2CCCCC2)cc1. The Morgan fingerprint density at radius 3 is 2.29 bits per heavy atom. The molecule has 3 heteroatoms. The van der Waals surface area contributed by atoms with E-state index in [1.54, 1.807) is 6.66 Å². The van der Waals surface area contributed by atoms with Crippen molar-refractivity contribution in [2.75, 3.05) is 6.66 Å². The lowest BCUT2D eigenvalue weighted by Gasteiger charge is -2.28. The van der Waals surface area contributed by atoms with Crippen molar-refractivity contribution < 1.29 is 9.09 Å². The highest BCUT2D eigenvalue weighted by Gasteiger charge is 2.31.